The third kappa shape index (κ3) is 4.40. The molecule has 0 aromatic heterocycles. The summed E-state index contributed by atoms with van der Waals surface area (Å²) in [6, 6.07) is 0.658. The molecule has 8 heteroatoms. The lowest BCUT2D eigenvalue weighted by atomic mass is 9.96. The quantitative estimate of drug-likeness (QED) is 0.591. The lowest BCUT2D eigenvalue weighted by Crippen LogP contribution is -2.34. The SMILES string of the molecule is C[C@H]1CCCC(=O)C(=O)C(=O)CCCc2c(Cl)c(O)cc(O)c2C(=O)N1. The zero-order valence-electron chi connectivity index (χ0n) is 14.3. The molecule has 1 heterocycles. The molecular formula is C18H20ClNO6. The van der Waals surface area contributed by atoms with E-state index in [4.69, 9.17) is 11.6 Å². The van der Waals surface area contributed by atoms with E-state index >= 15 is 0 Å². The van der Waals surface area contributed by atoms with Gasteiger partial charge in [-0.15, -0.1) is 0 Å². The van der Waals surface area contributed by atoms with Crippen LogP contribution in [0, 0.1) is 0 Å². The van der Waals surface area contributed by atoms with Gasteiger partial charge in [0.1, 0.15) is 11.5 Å². The van der Waals surface area contributed by atoms with Crippen LogP contribution in [0.3, 0.4) is 0 Å². The van der Waals surface area contributed by atoms with Crippen LogP contribution in [0.1, 0.15) is 54.9 Å². The number of fused-ring (bicyclic) bond motifs is 1. The number of rotatable bonds is 0. The lowest BCUT2D eigenvalue weighted by molar-refractivity contribution is -0.144. The lowest BCUT2D eigenvalue weighted by Gasteiger charge is -2.18. The number of Topliss-reactive ketones (excluding diaryl/α,β-unsaturated/α-hetero) is 3. The van der Waals surface area contributed by atoms with Gasteiger partial charge in [-0.2, -0.15) is 0 Å². The van der Waals surface area contributed by atoms with Crippen molar-refractivity contribution in [3.05, 3.63) is 22.2 Å². The van der Waals surface area contributed by atoms with Gasteiger partial charge >= 0.3 is 0 Å². The molecule has 0 radical (unpaired) electrons. The van der Waals surface area contributed by atoms with Crippen molar-refractivity contribution in [2.75, 3.05) is 0 Å². The summed E-state index contributed by atoms with van der Waals surface area (Å²) < 4.78 is 0. The van der Waals surface area contributed by atoms with Crippen LogP contribution in [0.2, 0.25) is 5.02 Å². The maximum absolute atomic E-state index is 12.6. The Hall–Kier alpha value is -2.41. The number of hydrogen-bond acceptors (Lipinski definition) is 6. The van der Waals surface area contributed by atoms with E-state index in [1.165, 1.54) is 0 Å². The molecule has 0 saturated carbocycles. The number of carbonyl (C=O) groups is 4. The minimum absolute atomic E-state index is 0.0493. The van der Waals surface area contributed by atoms with Crippen molar-refractivity contribution in [2.45, 2.75) is 51.5 Å². The van der Waals surface area contributed by atoms with Crippen molar-refractivity contribution < 1.29 is 29.4 Å². The fourth-order valence-corrected chi connectivity index (χ4v) is 3.16. The number of nitrogens with one attached hydrogen (secondary N) is 1. The summed E-state index contributed by atoms with van der Waals surface area (Å²) in [6.45, 7) is 1.72. The fourth-order valence-electron chi connectivity index (χ4n) is 2.92. The second kappa shape index (κ2) is 8.31. The minimum Gasteiger partial charge on any atom is -0.507 e. The van der Waals surface area contributed by atoms with E-state index in [-0.39, 0.29) is 53.6 Å². The Morgan fingerprint density at radius 2 is 1.62 bits per heavy atom. The van der Waals surface area contributed by atoms with Gasteiger partial charge < -0.3 is 15.5 Å². The van der Waals surface area contributed by atoms with Gasteiger partial charge in [-0.3, -0.25) is 19.2 Å². The van der Waals surface area contributed by atoms with E-state index in [0.29, 0.717) is 12.8 Å². The first-order valence-electron chi connectivity index (χ1n) is 8.36. The van der Waals surface area contributed by atoms with E-state index in [2.05, 4.69) is 5.32 Å². The summed E-state index contributed by atoms with van der Waals surface area (Å²) >= 11 is 6.08. The first-order valence-corrected chi connectivity index (χ1v) is 8.74. The van der Waals surface area contributed by atoms with E-state index in [1.807, 2.05) is 0 Å². The summed E-state index contributed by atoms with van der Waals surface area (Å²) in [7, 11) is 0. The largest absolute Gasteiger partial charge is 0.507 e. The first kappa shape index (κ1) is 19.9. The zero-order chi connectivity index (χ0) is 19.4. The van der Waals surface area contributed by atoms with Crippen LogP contribution in [-0.2, 0) is 20.8 Å². The van der Waals surface area contributed by atoms with Crippen LogP contribution in [0.15, 0.2) is 6.07 Å². The van der Waals surface area contributed by atoms with Gasteiger partial charge in [0.05, 0.1) is 10.6 Å². The van der Waals surface area contributed by atoms with Crippen molar-refractivity contribution in [3.63, 3.8) is 0 Å². The van der Waals surface area contributed by atoms with Gasteiger partial charge in [-0.1, -0.05) is 11.6 Å². The molecular weight excluding hydrogens is 362 g/mol. The number of hydrogen-bond donors (Lipinski definition) is 3. The number of halogens is 1. The van der Waals surface area contributed by atoms with Crippen LogP contribution in [-0.4, -0.2) is 39.5 Å². The van der Waals surface area contributed by atoms with Crippen molar-refractivity contribution >= 4 is 34.9 Å². The molecule has 1 aromatic carbocycles. The predicted molar refractivity (Wildman–Crippen MR) is 93.5 cm³/mol. The normalized spacial score (nSPS) is 20.3. The summed E-state index contributed by atoms with van der Waals surface area (Å²) in [4.78, 5) is 48.0. The summed E-state index contributed by atoms with van der Waals surface area (Å²) in [5, 5.41) is 22.5. The van der Waals surface area contributed by atoms with Crippen LogP contribution in [0.5, 0.6) is 11.5 Å². The molecule has 0 bridgehead atoms. The van der Waals surface area contributed by atoms with Gasteiger partial charge in [0.15, 0.2) is 0 Å². The number of phenolic OH excluding ortho intramolecular Hbond substituents is 2. The van der Waals surface area contributed by atoms with Gasteiger partial charge in [0.25, 0.3) is 11.7 Å². The van der Waals surface area contributed by atoms with E-state index in [0.717, 1.165) is 6.07 Å². The second-order valence-electron chi connectivity index (χ2n) is 6.38. The molecule has 0 fully saturated rings. The molecule has 1 aliphatic heterocycles. The zero-order valence-corrected chi connectivity index (χ0v) is 15.1. The molecule has 26 heavy (non-hydrogen) atoms. The molecule has 7 nitrogen and oxygen atoms in total. The Bertz CT molecular complexity index is 773. The summed E-state index contributed by atoms with van der Waals surface area (Å²) in [5.74, 6) is -3.88. The first-order chi connectivity index (χ1) is 12.2. The van der Waals surface area contributed by atoms with Crippen molar-refractivity contribution in [1.29, 1.82) is 0 Å². The second-order valence-corrected chi connectivity index (χ2v) is 6.76. The van der Waals surface area contributed by atoms with Crippen LogP contribution >= 0.6 is 11.6 Å². The highest BCUT2D eigenvalue weighted by atomic mass is 35.5. The molecule has 1 atom stereocenters. The molecule has 1 aromatic rings. The molecule has 3 N–H and O–H groups in total. The number of amides is 1. The smallest absolute Gasteiger partial charge is 0.264 e. The topological polar surface area (TPSA) is 121 Å². The molecule has 2 rings (SSSR count). The van der Waals surface area contributed by atoms with Crippen LogP contribution < -0.4 is 5.32 Å². The standard InChI is InChI=1S/C18H20ClNO6/c1-9-4-2-6-11(21)17(25)12(22)7-3-5-10-15(18(26)20-9)13(23)8-14(24)16(10)19/h8-9,23-24H,2-7H2,1H3,(H,20,26)/t9-/m0/s1. The van der Waals surface area contributed by atoms with Crippen molar-refractivity contribution in [2.24, 2.45) is 0 Å². The average Bonchev–Trinajstić information content (AvgIpc) is 2.57. The summed E-state index contributed by atoms with van der Waals surface area (Å²) in [6.07, 6.45) is 0.734. The van der Waals surface area contributed by atoms with Gasteiger partial charge in [0.2, 0.25) is 11.6 Å². The van der Waals surface area contributed by atoms with Crippen molar-refractivity contribution in [3.8, 4) is 11.5 Å². The Balaban J connectivity index is 2.40. The molecule has 0 unspecified atom stereocenters. The number of phenols is 2. The number of ketones is 3. The Labute approximate surface area is 155 Å². The van der Waals surface area contributed by atoms with Crippen LogP contribution in [0.25, 0.3) is 0 Å². The monoisotopic (exact) mass is 381 g/mol. The van der Waals surface area contributed by atoms with Crippen LogP contribution in [0.4, 0.5) is 0 Å². The Morgan fingerprint density at radius 1 is 1.00 bits per heavy atom. The number of aromatic hydroxyl groups is 2. The predicted octanol–water partition coefficient (Wildman–Crippen LogP) is 2.08. The molecule has 1 amide bonds. The highest BCUT2D eigenvalue weighted by molar-refractivity contribution is 6.63. The van der Waals surface area contributed by atoms with E-state index in [9.17, 15) is 29.4 Å². The van der Waals surface area contributed by atoms with Gasteiger partial charge in [-0.05, 0) is 38.2 Å². The molecule has 0 saturated heterocycles. The molecule has 140 valence electrons. The maximum Gasteiger partial charge on any atom is 0.264 e. The average molecular weight is 382 g/mol. The molecule has 0 spiro atoms. The highest BCUT2D eigenvalue weighted by Crippen LogP contribution is 2.37. The molecule has 1 aliphatic rings. The Morgan fingerprint density at radius 3 is 2.27 bits per heavy atom. The van der Waals surface area contributed by atoms with E-state index < -0.39 is 29.0 Å². The molecule has 0 aliphatic carbocycles. The third-order valence-electron chi connectivity index (χ3n) is 4.30. The maximum atomic E-state index is 12.6. The van der Waals surface area contributed by atoms with Crippen molar-refractivity contribution in [1.82, 2.24) is 5.32 Å². The fraction of sp³-hybridized carbons (Fsp3) is 0.444. The van der Waals surface area contributed by atoms with Gasteiger partial charge in [0, 0.05) is 24.9 Å². The van der Waals surface area contributed by atoms with Gasteiger partial charge in [-0.25, -0.2) is 0 Å². The third-order valence-corrected chi connectivity index (χ3v) is 4.73. The highest BCUT2D eigenvalue weighted by Gasteiger charge is 2.26. The summed E-state index contributed by atoms with van der Waals surface area (Å²) in [5.41, 5.74) is 0.129. The number of benzene rings is 1. The Kier molecular flexibility index (Phi) is 6.37. The number of carbonyl (C=O) groups excluding carboxylic acids is 4. The minimum atomic E-state index is -1.01. The van der Waals surface area contributed by atoms with E-state index in [1.54, 1.807) is 6.92 Å².